The molecular formula is C23H22N8O5. The largest absolute Gasteiger partial charge is 0.494 e. The summed E-state index contributed by atoms with van der Waals surface area (Å²) in [6.45, 7) is 4.15. The van der Waals surface area contributed by atoms with Crippen LogP contribution in [0.5, 0.6) is 5.75 Å². The lowest BCUT2D eigenvalue weighted by atomic mass is 10.0. The zero-order valence-electron chi connectivity index (χ0n) is 19.4. The first-order chi connectivity index (χ1) is 17.4. The molecule has 0 aliphatic carbocycles. The number of rotatable bonds is 9. The molecule has 0 saturated carbocycles. The molecule has 36 heavy (non-hydrogen) atoms. The normalized spacial score (nSPS) is 11.3. The van der Waals surface area contributed by atoms with Crippen molar-refractivity contribution in [2.75, 3.05) is 12.3 Å². The number of hydrogen-bond acceptors (Lipinski definition) is 10. The van der Waals surface area contributed by atoms with Crippen LogP contribution in [-0.2, 0) is 0 Å². The maximum absolute atomic E-state index is 13.1. The van der Waals surface area contributed by atoms with Crippen LogP contribution in [0.15, 0.2) is 58.3 Å². The fourth-order valence-corrected chi connectivity index (χ4v) is 3.34. The summed E-state index contributed by atoms with van der Waals surface area (Å²) in [7, 11) is 0. The summed E-state index contributed by atoms with van der Waals surface area (Å²) >= 11 is 0. The zero-order chi connectivity index (χ0) is 25.7. The van der Waals surface area contributed by atoms with Crippen molar-refractivity contribution in [3.8, 4) is 22.8 Å². The second kappa shape index (κ2) is 10.5. The third-order valence-electron chi connectivity index (χ3n) is 5.05. The molecule has 0 bridgehead atoms. The number of amides is 1. The van der Waals surface area contributed by atoms with Crippen LogP contribution in [0.3, 0.4) is 0 Å². The number of aromatic nitrogens is 5. The number of nitrogens with one attached hydrogen (secondary N) is 1. The van der Waals surface area contributed by atoms with Crippen LogP contribution >= 0.6 is 0 Å². The molecule has 4 rings (SSSR count). The fraction of sp³-hybridized carbons (Fsp3) is 0.174. The maximum Gasteiger partial charge on any atom is 0.336 e. The summed E-state index contributed by atoms with van der Waals surface area (Å²) in [6.07, 6.45) is 0.859. The van der Waals surface area contributed by atoms with Crippen molar-refractivity contribution >= 4 is 23.4 Å². The minimum absolute atomic E-state index is 0.0462. The van der Waals surface area contributed by atoms with E-state index in [1.54, 1.807) is 49.4 Å². The Morgan fingerprint density at radius 2 is 1.86 bits per heavy atom. The summed E-state index contributed by atoms with van der Waals surface area (Å²) < 4.78 is 11.5. The number of ether oxygens (including phenoxy) is 1. The zero-order valence-corrected chi connectivity index (χ0v) is 19.4. The van der Waals surface area contributed by atoms with Gasteiger partial charge in [0, 0.05) is 11.1 Å². The highest BCUT2D eigenvalue weighted by atomic mass is 16.6. The van der Waals surface area contributed by atoms with Gasteiger partial charge in [-0.2, -0.15) is 9.78 Å². The number of carboxylic acids is 1. The van der Waals surface area contributed by atoms with Crippen LogP contribution in [0.1, 0.15) is 46.7 Å². The van der Waals surface area contributed by atoms with Crippen LogP contribution in [-0.4, -0.2) is 54.6 Å². The molecule has 13 heteroatoms. The van der Waals surface area contributed by atoms with Crippen LogP contribution in [0, 0.1) is 0 Å². The summed E-state index contributed by atoms with van der Waals surface area (Å²) in [5, 5.41) is 28.8. The first kappa shape index (κ1) is 24.1. The fourth-order valence-electron chi connectivity index (χ4n) is 3.34. The van der Waals surface area contributed by atoms with Crippen LogP contribution < -0.4 is 15.9 Å². The average Bonchev–Trinajstić information content (AvgIpc) is 3.52. The van der Waals surface area contributed by atoms with Gasteiger partial charge in [-0.15, -0.1) is 5.10 Å². The Hall–Kier alpha value is -5.07. The van der Waals surface area contributed by atoms with E-state index in [4.69, 9.17) is 10.5 Å². The SMILES string of the molecule is CCCOc1ccc(-c2c(C(=O)N/N=C(\C)c3ccccc3C(=O)O)nnn2-c2nonc2N)cc1. The van der Waals surface area contributed by atoms with Crippen molar-refractivity contribution in [1.82, 2.24) is 30.7 Å². The predicted octanol–water partition coefficient (Wildman–Crippen LogP) is 2.54. The van der Waals surface area contributed by atoms with Crippen molar-refractivity contribution in [2.45, 2.75) is 20.3 Å². The molecule has 0 aliphatic rings. The second-order valence-electron chi connectivity index (χ2n) is 7.53. The van der Waals surface area contributed by atoms with Gasteiger partial charge in [0.1, 0.15) is 11.4 Å². The minimum Gasteiger partial charge on any atom is -0.494 e. The Labute approximate surface area is 204 Å². The van der Waals surface area contributed by atoms with Gasteiger partial charge in [0.15, 0.2) is 5.69 Å². The molecule has 0 radical (unpaired) electrons. The van der Waals surface area contributed by atoms with Gasteiger partial charge in [-0.3, -0.25) is 4.79 Å². The van der Waals surface area contributed by atoms with Gasteiger partial charge >= 0.3 is 5.97 Å². The number of anilines is 1. The molecule has 4 aromatic rings. The van der Waals surface area contributed by atoms with Crippen molar-refractivity contribution in [3.63, 3.8) is 0 Å². The highest BCUT2D eigenvalue weighted by molar-refractivity contribution is 6.08. The van der Waals surface area contributed by atoms with E-state index < -0.39 is 11.9 Å². The molecule has 2 aromatic carbocycles. The lowest BCUT2D eigenvalue weighted by molar-refractivity contribution is 0.0696. The Bertz CT molecular complexity index is 1420. The topological polar surface area (TPSA) is 184 Å². The smallest absolute Gasteiger partial charge is 0.336 e. The summed E-state index contributed by atoms with van der Waals surface area (Å²) in [5.74, 6) is -1.13. The summed E-state index contributed by atoms with van der Waals surface area (Å²) in [4.78, 5) is 24.6. The minimum atomic E-state index is -1.11. The van der Waals surface area contributed by atoms with E-state index in [2.05, 4.69) is 35.8 Å². The average molecular weight is 490 g/mol. The predicted molar refractivity (Wildman–Crippen MR) is 128 cm³/mol. The Kier molecular flexibility index (Phi) is 6.99. The Morgan fingerprint density at radius 3 is 2.50 bits per heavy atom. The molecule has 1 amide bonds. The highest BCUT2D eigenvalue weighted by Gasteiger charge is 2.25. The molecule has 0 fully saturated rings. The van der Waals surface area contributed by atoms with E-state index in [1.807, 2.05) is 6.92 Å². The number of carbonyl (C=O) groups is 2. The molecule has 0 atom stereocenters. The maximum atomic E-state index is 13.1. The monoisotopic (exact) mass is 490 g/mol. The number of nitrogens with zero attached hydrogens (tertiary/aromatic N) is 6. The van der Waals surface area contributed by atoms with Crippen LogP contribution in [0.25, 0.3) is 17.1 Å². The highest BCUT2D eigenvalue weighted by Crippen LogP contribution is 2.28. The van der Waals surface area contributed by atoms with Gasteiger partial charge in [-0.25, -0.2) is 14.8 Å². The molecule has 2 heterocycles. The number of nitrogens with two attached hydrogens (primary N) is 1. The van der Waals surface area contributed by atoms with Gasteiger partial charge in [-0.1, -0.05) is 30.3 Å². The first-order valence-electron chi connectivity index (χ1n) is 10.8. The summed E-state index contributed by atoms with van der Waals surface area (Å²) in [6, 6.07) is 13.3. The van der Waals surface area contributed by atoms with E-state index in [0.29, 0.717) is 23.5 Å². The number of hydrogen-bond donors (Lipinski definition) is 3. The molecule has 4 N–H and O–H groups in total. The molecule has 0 unspecified atom stereocenters. The Morgan fingerprint density at radius 1 is 1.14 bits per heavy atom. The first-order valence-corrected chi connectivity index (χ1v) is 10.8. The van der Waals surface area contributed by atoms with E-state index in [9.17, 15) is 14.7 Å². The van der Waals surface area contributed by atoms with Gasteiger partial charge in [0.2, 0.25) is 11.6 Å². The standard InChI is InChI=1S/C23H22N8O5/c1-3-12-35-15-10-8-14(9-11-15)19-18(26-30-31(19)21-20(24)28-36-29-21)22(32)27-25-13(2)16-6-4-5-7-17(16)23(33)34/h4-11H,3,12H2,1-2H3,(H2,24,28)(H,27,32)(H,33,34)/b25-13+. The number of hydrazone groups is 1. The third kappa shape index (κ3) is 4.89. The lowest BCUT2D eigenvalue weighted by Gasteiger charge is -2.09. The van der Waals surface area contributed by atoms with E-state index in [-0.39, 0.29) is 34.3 Å². The van der Waals surface area contributed by atoms with Gasteiger partial charge in [0.25, 0.3) is 5.91 Å². The lowest BCUT2D eigenvalue weighted by Crippen LogP contribution is -2.21. The third-order valence-corrected chi connectivity index (χ3v) is 5.05. The molecule has 0 aliphatic heterocycles. The number of benzene rings is 2. The van der Waals surface area contributed by atoms with Crippen molar-refractivity contribution in [2.24, 2.45) is 5.10 Å². The van der Waals surface area contributed by atoms with Gasteiger partial charge in [0.05, 0.1) is 17.9 Å². The number of aromatic carboxylic acids is 1. The molecule has 184 valence electrons. The molecular weight excluding hydrogens is 468 g/mol. The van der Waals surface area contributed by atoms with E-state index in [1.165, 1.54) is 10.7 Å². The number of nitrogen functional groups attached to an aromatic ring is 1. The Balaban J connectivity index is 1.69. The van der Waals surface area contributed by atoms with Crippen molar-refractivity contribution in [1.29, 1.82) is 0 Å². The van der Waals surface area contributed by atoms with Crippen LogP contribution in [0.2, 0.25) is 0 Å². The molecule has 0 spiro atoms. The van der Waals surface area contributed by atoms with Crippen molar-refractivity contribution in [3.05, 3.63) is 65.4 Å². The quantitative estimate of drug-likeness (QED) is 0.233. The van der Waals surface area contributed by atoms with E-state index >= 15 is 0 Å². The molecule has 0 saturated heterocycles. The number of carboxylic acid groups (broad SMARTS) is 1. The summed E-state index contributed by atoms with van der Waals surface area (Å²) in [5.41, 5.74) is 9.70. The molecule has 13 nitrogen and oxygen atoms in total. The second-order valence-corrected chi connectivity index (χ2v) is 7.53. The van der Waals surface area contributed by atoms with Crippen LogP contribution in [0.4, 0.5) is 5.82 Å². The van der Waals surface area contributed by atoms with Gasteiger partial charge in [-0.05, 0) is 54.0 Å². The molecule has 2 aromatic heterocycles. The van der Waals surface area contributed by atoms with Gasteiger partial charge < -0.3 is 15.6 Å². The van der Waals surface area contributed by atoms with Crippen molar-refractivity contribution < 1.29 is 24.1 Å². The number of carbonyl (C=O) groups excluding carboxylic acids is 1. The van der Waals surface area contributed by atoms with E-state index in [0.717, 1.165) is 6.42 Å².